The minimum atomic E-state index is -0.801. The number of para-hydroxylation sites is 1. The highest BCUT2D eigenvalue weighted by Crippen LogP contribution is 2.36. The lowest BCUT2D eigenvalue weighted by molar-refractivity contribution is -0.119. The number of halogens is 2. The lowest BCUT2D eigenvalue weighted by Crippen LogP contribution is -2.39. The van der Waals surface area contributed by atoms with E-state index in [2.05, 4.69) is 10.3 Å². The zero-order valence-corrected chi connectivity index (χ0v) is 15.4. The van der Waals surface area contributed by atoms with Crippen molar-refractivity contribution >= 4 is 45.1 Å². The van der Waals surface area contributed by atoms with Crippen LogP contribution in [-0.4, -0.2) is 34.4 Å². The monoisotopic (exact) mass is 404 g/mol. The predicted molar refractivity (Wildman–Crippen MR) is 101 cm³/mol. The number of primary amides is 1. The fraction of sp³-hybridized carbons (Fsp3) is 0.167. The van der Waals surface area contributed by atoms with Gasteiger partial charge < -0.3 is 16.0 Å². The number of fused-ring (bicyclic) bond motifs is 1. The zero-order valence-electron chi connectivity index (χ0n) is 13.9. The van der Waals surface area contributed by atoms with E-state index < -0.39 is 29.8 Å². The van der Waals surface area contributed by atoms with Crippen molar-refractivity contribution in [3.63, 3.8) is 0 Å². The van der Waals surface area contributed by atoms with Gasteiger partial charge in [-0.3, -0.25) is 4.79 Å². The average Bonchev–Trinajstić information content (AvgIpc) is 3.22. The molecule has 1 aliphatic heterocycles. The van der Waals surface area contributed by atoms with Crippen LogP contribution in [0.4, 0.5) is 9.18 Å². The van der Waals surface area contributed by atoms with E-state index in [9.17, 15) is 14.0 Å². The van der Waals surface area contributed by atoms with Gasteiger partial charge in [0.15, 0.2) is 0 Å². The number of thiazole rings is 1. The third-order valence-electron chi connectivity index (χ3n) is 4.40. The molecule has 3 aromatic rings. The Kier molecular flexibility index (Phi) is 4.45. The van der Waals surface area contributed by atoms with E-state index >= 15 is 0 Å². The van der Waals surface area contributed by atoms with Crippen molar-refractivity contribution in [1.29, 1.82) is 0 Å². The van der Waals surface area contributed by atoms with Crippen molar-refractivity contribution in [3.05, 3.63) is 63.9 Å². The van der Waals surface area contributed by atoms with Gasteiger partial charge in [-0.05, 0) is 29.8 Å². The Hall–Kier alpha value is -2.71. The summed E-state index contributed by atoms with van der Waals surface area (Å²) in [7, 11) is 0. The Labute approximate surface area is 162 Å². The van der Waals surface area contributed by atoms with Crippen molar-refractivity contribution in [2.45, 2.75) is 12.1 Å². The van der Waals surface area contributed by atoms with Crippen molar-refractivity contribution in [2.24, 2.45) is 5.73 Å². The fourth-order valence-corrected chi connectivity index (χ4v) is 4.38. The van der Waals surface area contributed by atoms with Gasteiger partial charge in [-0.25, -0.2) is 14.2 Å². The van der Waals surface area contributed by atoms with Crippen LogP contribution in [0.5, 0.6) is 0 Å². The maximum Gasteiger partial charge on any atom is 0.319 e. The second kappa shape index (κ2) is 6.79. The molecule has 4 rings (SSSR count). The van der Waals surface area contributed by atoms with E-state index in [0.29, 0.717) is 10.6 Å². The van der Waals surface area contributed by atoms with E-state index in [-0.39, 0.29) is 11.6 Å². The number of carbonyl (C=O) groups excluding carboxylic acids is 2. The van der Waals surface area contributed by atoms with Gasteiger partial charge in [0.25, 0.3) is 0 Å². The minimum Gasteiger partial charge on any atom is -0.368 e. The molecule has 1 unspecified atom stereocenters. The van der Waals surface area contributed by atoms with Gasteiger partial charge in [-0.2, -0.15) is 0 Å². The molecule has 0 spiro atoms. The first kappa shape index (κ1) is 17.7. The van der Waals surface area contributed by atoms with Crippen LogP contribution >= 0.6 is 22.9 Å². The van der Waals surface area contributed by atoms with Crippen LogP contribution in [0.3, 0.4) is 0 Å². The van der Waals surface area contributed by atoms with Crippen LogP contribution < -0.4 is 11.1 Å². The molecule has 138 valence electrons. The minimum absolute atomic E-state index is 0.0512. The fourth-order valence-electron chi connectivity index (χ4n) is 3.09. The summed E-state index contributed by atoms with van der Waals surface area (Å²) in [6, 6.07) is 10.0. The van der Waals surface area contributed by atoms with Crippen LogP contribution in [0.25, 0.3) is 10.2 Å². The summed E-state index contributed by atoms with van der Waals surface area (Å²) in [5.74, 6) is -1.17. The molecule has 0 saturated carbocycles. The predicted octanol–water partition coefficient (Wildman–Crippen LogP) is 3.06. The smallest absolute Gasteiger partial charge is 0.319 e. The van der Waals surface area contributed by atoms with Gasteiger partial charge in [0, 0.05) is 0 Å². The number of carbonyl (C=O) groups is 2. The molecule has 6 nitrogen and oxygen atoms in total. The van der Waals surface area contributed by atoms with E-state index in [1.165, 1.54) is 28.4 Å². The first-order valence-corrected chi connectivity index (χ1v) is 9.30. The molecule has 3 amide bonds. The number of urea groups is 1. The quantitative estimate of drug-likeness (QED) is 0.700. The SMILES string of the molecule is NC(=O)C1CN([C@H](c2ccc(F)c(Cl)c2)c2nc3ccccc3s2)C(=O)N1. The largest absolute Gasteiger partial charge is 0.368 e. The summed E-state index contributed by atoms with van der Waals surface area (Å²) in [6.45, 7) is 0.0871. The molecular formula is C18H14ClFN4O2S. The molecule has 0 bridgehead atoms. The Morgan fingerprint density at radius 1 is 1.37 bits per heavy atom. The number of rotatable bonds is 4. The Morgan fingerprint density at radius 3 is 2.81 bits per heavy atom. The summed E-state index contributed by atoms with van der Waals surface area (Å²) in [5, 5.41) is 3.15. The van der Waals surface area contributed by atoms with Gasteiger partial charge in [0.2, 0.25) is 5.91 Å². The lowest BCUT2D eigenvalue weighted by Gasteiger charge is -2.25. The Morgan fingerprint density at radius 2 is 2.15 bits per heavy atom. The topological polar surface area (TPSA) is 88.3 Å². The van der Waals surface area contributed by atoms with Crippen LogP contribution in [0.2, 0.25) is 5.02 Å². The summed E-state index contributed by atoms with van der Waals surface area (Å²) in [4.78, 5) is 30.1. The molecule has 3 N–H and O–H groups in total. The van der Waals surface area contributed by atoms with Crippen LogP contribution in [0.1, 0.15) is 16.6 Å². The number of nitrogens with two attached hydrogens (primary N) is 1. The maximum atomic E-state index is 13.7. The third-order valence-corrected chi connectivity index (χ3v) is 5.78. The number of benzene rings is 2. The maximum absolute atomic E-state index is 13.7. The van der Waals surface area contributed by atoms with Crippen LogP contribution in [0.15, 0.2) is 42.5 Å². The highest BCUT2D eigenvalue weighted by molar-refractivity contribution is 7.18. The standard InChI is InChI=1S/C18H14ClFN4O2S/c19-10-7-9(5-6-11(10)20)15(24-8-13(16(21)25)23-18(24)26)17-22-12-3-1-2-4-14(12)27-17/h1-7,13,15H,8H2,(H2,21,25)(H,23,26)/t13?,15-/m1/s1. The molecule has 9 heteroatoms. The average molecular weight is 405 g/mol. The highest BCUT2D eigenvalue weighted by Gasteiger charge is 2.39. The van der Waals surface area contributed by atoms with Crippen molar-refractivity contribution in [3.8, 4) is 0 Å². The number of hydrogen-bond donors (Lipinski definition) is 2. The molecule has 2 atom stereocenters. The number of nitrogens with one attached hydrogen (secondary N) is 1. The van der Waals surface area contributed by atoms with Gasteiger partial charge in [0.1, 0.15) is 22.9 Å². The summed E-state index contributed by atoms with van der Waals surface area (Å²) < 4.78 is 14.6. The molecule has 1 aromatic heterocycles. The van der Waals surface area contributed by atoms with E-state index in [1.54, 1.807) is 6.07 Å². The van der Waals surface area contributed by atoms with Crippen LogP contribution in [-0.2, 0) is 4.79 Å². The van der Waals surface area contributed by atoms with E-state index in [1.807, 2.05) is 24.3 Å². The summed E-state index contributed by atoms with van der Waals surface area (Å²) in [5.41, 5.74) is 6.73. The Balaban J connectivity index is 1.83. The van der Waals surface area contributed by atoms with Crippen molar-refractivity contribution in [2.75, 3.05) is 6.54 Å². The first-order valence-electron chi connectivity index (χ1n) is 8.11. The normalized spacial score (nSPS) is 17.9. The summed E-state index contributed by atoms with van der Waals surface area (Å²) in [6.07, 6.45) is 0. The second-order valence-electron chi connectivity index (χ2n) is 6.15. The Bertz CT molecular complexity index is 1020. The van der Waals surface area contributed by atoms with E-state index in [4.69, 9.17) is 17.3 Å². The lowest BCUT2D eigenvalue weighted by atomic mass is 10.1. The molecule has 0 radical (unpaired) electrons. The molecule has 2 heterocycles. The first-order chi connectivity index (χ1) is 12.9. The molecule has 1 fully saturated rings. The van der Waals surface area contributed by atoms with Crippen molar-refractivity contribution < 1.29 is 14.0 Å². The number of aromatic nitrogens is 1. The molecule has 1 aliphatic rings. The zero-order chi connectivity index (χ0) is 19.1. The van der Waals surface area contributed by atoms with Crippen molar-refractivity contribution in [1.82, 2.24) is 15.2 Å². The molecule has 2 aromatic carbocycles. The van der Waals surface area contributed by atoms with Crippen LogP contribution in [0, 0.1) is 5.82 Å². The number of amides is 3. The summed E-state index contributed by atoms with van der Waals surface area (Å²) >= 11 is 7.38. The third kappa shape index (κ3) is 3.22. The second-order valence-corrected chi connectivity index (χ2v) is 7.62. The molecule has 1 saturated heterocycles. The van der Waals surface area contributed by atoms with Gasteiger partial charge in [-0.1, -0.05) is 29.8 Å². The van der Waals surface area contributed by atoms with E-state index in [0.717, 1.165) is 10.2 Å². The molecule has 0 aliphatic carbocycles. The highest BCUT2D eigenvalue weighted by atomic mass is 35.5. The van der Waals surface area contributed by atoms with Gasteiger partial charge >= 0.3 is 6.03 Å². The molecular weight excluding hydrogens is 391 g/mol. The number of nitrogens with zero attached hydrogens (tertiary/aromatic N) is 2. The van der Waals surface area contributed by atoms with Gasteiger partial charge in [-0.15, -0.1) is 11.3 Å². The van der Waals surface area contributed by atoms with Gasteiger partial charge in [0.05, 0.1) is 21.8 Å². The number of hydrogen-bond acceptors (Lipinski definition) is 4. The molecule has 27 heavy (non-hydrogen) atoms.